The second-order valence-corrected chi connectivity index (χ2v) is 6.74. The van der Waals surface area contributed by atoms with Crippen LogP contribution in [0.1, 0.15) is 32.8 Å². The Hall–Kier alpha value is -0.750. The average Bonchev–Trinajstić information content (AvgIpc) is 2.38. The molecule has 0 amide bonds. The summed E-state index contributed by atoms with van der Waals surface area (Å²) < 4.78 is 44.4. The molecule has 2 nitrogen and oxygen atoms in total. The van der Waals surface area contributed by atoms with Crippen molar-refractivity contribution in [3.8, 4) is 0 Å². The van der Waals surface area contributed by atoms with Crippen LogP contribution in [0.3, 0.4) is 0 Å². The molecule has 21 heavy (non-hydrogen) atoms. The van der Waals surface area contributed by atoms with Crippen molar-refractivity contribution in [2.75, 3.05) is 11.9 Å². The molecule has 0 bridgehead atoms. The molecule has 1 N–H and O–H groups in total. The number of anilines is 1. The van der Waals surface area contributed by atoms with E-state index in [2.05, 4.69) is 35.1 Å². The molecule has 1 aliphatic carbocycles. The van der Waals surface area contributed by atoms with Gasteiger partial charge in [0.05, 0.1) is 11.7 Å². The zero-order valence-electron chi connectivity index (χ0n) is 12.2. The van der Waals surface area contributed by atoms with Gasteiger partial charge in [-0.2, -0.15) is 13.2 Å². The van der Waals surface area contributed by atoms with Gasteiger partial charge >= 0.3 is 6.18 Å². The van der Waals surface area contributed by atoms with Gasteiger partial charge in [-0.15, -0.1) is 0 Å². The highest BCUT2D eigenvalue weighted by atomic mass is 79.9. The van der Waals surface area contributed by atoms with Crippen LogP contribution >= 0.6 is 15.9 Å². The summed E-state index contributed by atoms with van der Waals surface area (Å²) in [6, 6.07) is 4.34. The molecule has 0 aliphatic heterocycles. The molecular formula is C15H19BrF3NO. The third kappa shape index (κ3) is 3.37. The van der Waals surface area contributed by atoms with E-state index in [0.717, 1.165) is 12.5 Å². The van der Waals surface area contributed by atoms with Crippen LogP contribution in [-0.4, -0.2) is 18.8 Å². The summed E-state index contributed by atoms with van der Waals surface area (Å²) in [5.74, 6) is 0. The van der Waals surface area contributed by atoms with Gasteiger partial charge < -0.3 is 10.1 Å². The first-order valence-corrected chi connectivity index (χ1v) is 7.70. The van der Waals surface area contributed by atoms with Gasteiger partial charge in [-0.25, -0.2) is 0 Å². The van der Waals surface area contributed by atoms with Gasteiger partial charge in [0.25, 0.3) is 0 Å². The molecule has 1 aromatic carbocycles. The molecule has 1 aromatic rings. The van der Waals surface area contributed by atoms with Crippen LogP contribution in [0, 0.1) is 5.41 Å². The number of hydrogen-bond acceptors (Lipinski definition) is 2. The quantitative estimate of drug-likeness (QED) is 0.802. The van der Waals surface area contributed by atoms with Crippen molar-refractivity contribution in [1.29, 1.82) is 0 Å². The van der Waals surface area contributed by atoms with E-state index in [9.17, 15) is 13.2 Å². The van der Waals surface area contributed by atoms with Gasteiger partial charge in [0, 0.05) is 28.2 Å². The Kier molecular flexibility index (Phi) is 4.59. The van der Waals surface area contributed by atoms with Crippen LogP contribution in [0.5, 0.6) is 0 Å². The smallest absolute Gasteiger partial charge is 0.382 e. The number of alkyl halides is 3. The molecular weight excluding hydrogens is 347 g/mol. The summed E-state index contributed by atoms with van der Waals surface area (Å²) in [6.07, 6.45) is -3.41. The Morgan fingerprint density at radius 3 is 2.57 bits per heavy atom. The summed E-state index contributed by atoms with van der Waals surface area (Å²) in [4.78, 5) is 0. The molecule has 2 rings (SSSR count). The predicted octanol–water partition coefficient (Wildman–Crippen LogP) is 5.08. The molecule has 1 aliphatic rings. The molecule has 6 heteroatoms. The number of ether oxygens (including phenoxy) is 1. The fourth-order valence-electron chi connectivity index (χ4n) is 2.65. The van der Waals surface area contributed by atoms with E-state index < -0.39 is 11.7 Å². The van der Waals surface area contributed by atoms with E-state index in [4.69, 9.17) is 4.74 Å². The van der Waals surface area contributed by atoms with Crippen molar-refractivity contribution in [3.05, 3.63) is 28.2 Å². The van der Waals surface area contributed by atoms with Gasteiger partial charge in [0.15, 0.2) is 0 Å². The minimum absolute atomic E-state index is 0.0561. The second kappa shape index (κ2) is 5.80. The molecule has 0 aromatic heterocycles. The standard InChI is InChI=1S/C15H19BrF3NO/c1-4-21-13-8-12(14(13,2)3)20-9-5-6-11(16)10(7-9)15(17,18)19/h5-7,12-13,20H,4,8H2,1-3H3. The van der Waals surface area contributed by atoms with Gasteiger partial charge in [-0.05, 0) is 31.5 Å². The Balaban J connectivity index is 2.12. The van der Waals surface area contributed by atoms with Gasteiger partial charge in [-0.1, -0.05) is 29.8 Å². The third-order valence-corrected chi connectivity index (χ3v) is 4.85. The third-order valence-electron chi connectivity index (χ3n) is 4.16. The van der Waals surface area contributed by atoms with E-state index in [0.29, 0.717) is 12.3 Å². The van der Waals surface area contributed by atoms with E-state index in [1.165, 1.54) is 6.07 Å². The minimum Gasteiger partial charge on any atom is -0.382 e. The summed E-state index contributed by atoms with van der Waals surface area (Å²) in [6.45, 7) is 6.73. The number of hydrogen-bond donors (Lipinski definition) is 1. The average molecular weight is 366 g/mol. The number of benzene rings is 1. The molecule has 0 heterocycles. The van der Waals surface area contributed by atoms with Crippen molar-refractivity contribution >= 4 is 21.6 Å². The highest BCUT2D eigenvalue weighted by Crippen LogP contribution is 2.45. The Morgan fingerprint density at radius 1 is 1.38 bits per heavy atom. The maximum Gasteiger partial charge on any atom is 0.417 e. The molecule has 2 atom stereocenters. The van der Waals surface area contributed by atoms with Crippen molar-refractivity contribution in [1.82, 2.24) is 0 Å². The second-order valence-electron chi connectivity index (χ2n) is 5.89. The monoisotopic (exact) mass is 365 g/mol. The van der Waals surface area contributed by atoms with E-state index >= 15 is 0 Å². The van der Waals surface area contributed by atoms with Crippen LogP contribution < -0.4 is 5.32 Å². The molecule has 0 saturated heterocycles. The van der Waals surface area contributed by atoms with Crippen molar-refractivity contribution in [3.63, 3.8) is 0 Å². The molecule has 2 unspecified atom stereocenters. The highest BCUT2D eigenvalue weighted by molar-refractivity contribution is 9.10. The Labute approximate surface area is 131 Å². The lowest BCUT2D eigenvalue weighted by atomic mass is 9.64. The fourth-order valence-corrected chi connectivity index (χ4v) is 3.12. The maximum absolute atomic E-state index is 12.9. The van der Waals surface area contributed by atoms with Crippen LogP contribution in [0.25, 0.3) is 0 Å². The summed E-state index contributed by atoms with van der Waals surface area (Å²) in [5.41, 5.74) is -0.272. The first-order chi connectivity index (χ1) is 9.66. The van der Waals surface area contributed by atoms with Crippen molar-refractivity contribution < 1.29 is 17.9 Å². The van der Waals surface area contributed by atoms with Crippen molar-refractivity contribution in [2.45, 2.75) is 45.5 Å². The SMILES string of the molecule is CCOC1CC(Nc2ccc(Br)c(C(F)(F)F)c2)C1(C)C. The van der Waals surface area contributed by atoms with Gasteiger partial charge in [-0.3, -0.25) is 0 Å². The first kappa shape index (κ1) is 16.6. The highest BCUT2D eigenvalue weighted by Gasteiger charge is 2.49. The summed E-state index contributed by atoms with van der Waals surface area (Å²) in [5, 5.41) is 3.20. The normalized spacial score (nSPS) is 24.5. The number of nitrogens with one attached hydrogen (secondary N) is 1. The summed E-state index contributed by atoms with van der Waals surface area (Å²) >= 11 is 2.95. The zero-order valence-corrected chi connectivity index (χ0v) is 13.8. The lowest BCUT2D eigenvalue weighted by Gasteiger charge is -2.52. The van der Waals surface area contributed by atoms with Crippen LogP contribution in [0.2, 0.25) is 0 Å². The molecule has 0 spiro atoms. The summed E-state index contributed by atoms with van der Waals surface area (Å²) in [7, 11) is 0. The fraction of sp³-hybridized carbons (Fsp3) is 0.600. The minimum atomic E-state index is -4.36. The van der Waals surface area contributed by atoms with Gasteiger partial charge in [0.2, 0.25) is 0 Å². The van der Waals surface area contributed by atoms with E-state index in [1.807, 2.05) is 6.92 Å². The number of rotatable bonds is 4. The molecule has 1 fully saturated rings. The number of halogens is 4. The molecule has 1 saturated carbocycles. The Bertz CT molecular complexity index is 516. The Morgan fingerprint density at radius 2 is 2.05 bits per heavy atom. The van der Waals surface area contributed by atoms with Gasteiger partial charge in [0.1, 0.15) is 0 Å². The van der Waals surface area contributed by atoms with Crippen LogP contribution in [0.15, 0.2) is 22.7 Å². The first-order valence-electron chi connectivity index (χ1n) is 6.91. The zero-order chi connectivity index (χ0) is 15.8. The topological polar surface area (TPSA) is 21.3 Å². The van der Waals surface area contributed by atoms with E-state index in [-0.39, 0.29) is 22.0 Å². The maximum atomic E-state index is 12.9. The van der Waals surface area contributed by atoms with Crippen LogP contribution in [0.4, 0.5) is 18.9 Å². The molecule has 118 valence electrons. The molecule has 0 radical (unpaired) electrons. The lowest BCUT2D eigenvalue weighted by Crippen LogP contribution is -2.58. The van der Waals surface area contributed by atoms with Crippen molar-refractivity contribution in [2.24, 2.45) is 5.41 Å². The largest absolute Gasteiger partial charge is 0.417 e. The van der Waals surface area contributed by atoms with E-state index in [1.54, 1.807) is 6.07 Å². The lowest BCUT2D eigenvalue weighted by molar-refractivity contribution is -0.138. The predicted molar refractivity (Wildman–Crippen MR) is 80.4 cm³/mol. The van der Waals surface area contributed by atoms with Crippen LogP contribution in [-0.2, 0) is 10.9 Å².